The largest absolute Gasteiger partial charge is 0.464 e. The summed E-state index contributed by atoms with van der Waals surface area (Å²) in [6, 6.07) is 10.8. The standard InChI is InChI=1S/C15H20N2OS/c1-17-9-7-15(8-10-17)11-13(16-14(19)18-15)12-5-3-2-4-6-12/h2-6,13H,7-11H2,1H3,(H,16,19). The minimum Gasteiger partial charge on any atom is -0.464 e. The van der Waals surface area contributed by atoms with Gasteiger partial charge in [-0.3, -0.25) is 0 Å². The lowest BCUT2D eigenvalue weighted by Gasteiger charge is -2.46. The van der Waals surface area contributed by atoms with Crippen molar-refractivity contribution in [2.75, 3.05) is 20.1 Å². The molecule has 1 N–H and O–H groups in total. The van der Waals surface area contributed by atoms with Crippen molar-refractivity contribution in [2.45, 2.75) is 30.9 Å². The Labute approximate surface area is 119 Å². The van der Waals surface area contributed by atoms with E-state index in [1.165, 1.54) is 5.56 Å². The highest BCUT2D eigenvalue weighted by molar-refractivity contribution is 7.80. The van der Waals surface area contributed by atoms with Crippen LogP contribution in [0, 0.1) is 0 Å². The topological polar surface area (TPSA) is 24.5 Å². The van der Waals surface area contributed by atoms with E-state index in [4.69, 9.17) is 17.0 Å². The fraction of sp³-hybridized carbons (Fsp3) is 0.533. The molecular weight excluding hydrogens is 256 g/mol. The molecule has 19 heavy (non-hydrogen) atoms. The van der Waals surface area contributed by atoms with E-state index in [0.717, 1.165) is 32.4 Å². The zero-order valence-corrected chi connectivity index (χ0v) is 12.1. The number of likely N-dealkylation sites (tertiary alicyclic amines) is 1. The zero-order chi connectivity index (χ0) is 13.3. The number of piperidine rings is 1. The fourth-order valence-electron chi connectivity index (χ4n) is 3.05. The van der Waals surface area contributed by atoms with Crippen molar-refractivity contribution in [3.05, 3.63) is 35.9 Å². The molecule has 0 saturated carbocycles. The smallest absolute Gasteiger partial charge is 0.257 e. The monoisotopic (exact) mass is 276 g/mol. The number of ether oxygens (including phenoxy) is 1. The summed E-state index contributed by atoms with van der Waals surface area (Å²) in [6.07, 6.45) is 3.13. The van der Waals surface area contributed by atoms with Crippen molar-refractivity contribution in [3.63, 3.8) is 0 Å². The number of rotatable bonds is 1. The quantitative estimate of drug-likeness (QED) is 0.797. The van der Waals surface area contributed by atoms with Crippen LogP contribution in [0.2, 0.25) is 0 Å². The fourth-order valence-corrected chi connectivity index (χ4v) is 3.37. The molecule has 2 aliphatic rings. The van der Waals surface area contributed by atoms with Gasteiger partial charge in [0.25, 0.3) is 5.17 Å². The molecule has 2 saturated heterocycles. The highest BCUT2D eigenvalue weighted by Gasteiger charge is 2.42. The normalized spacial score (nSPS) is 26.8. The van der Waals surface area contributed by atoms with Crippen LogP contribution in [0.1, 0.15) is 30.9 Å². The van der Waals surface area contributed by atoms with Crippen LogP contribution in [0.3, 0.4) is 0 Å². The summed E-state index contributed by atoms with van der Waals surface area (Å²) >= 11 is 5.32. The third kappa shape index (κ3) is 2.74. The zero-order valence-electron chi connectivity index (χ0n) is 11.3. The summed E-state index contributed by atoms with van der Waals surface area (Å²) in [5, 5.41) is 3.87. The molecule has 1 atom stereocenters. The first-order valence-electron chi connectivity index (χ1n) is 6.90. The maximum absolute atomic E-state index is 6.01. The van der Waals surface area contributed by atoms with Gasteiger partial charge in [0.2, 0.25) is 0 Å². The van der Waals surface area contributed by atoms with Gasteiger partial charge in [-0.15, -0.1) is 0 Å². The van der Waals surface area contributed by atoms with Crippen LogP contribution in [0.5, 0.6) is 0 Å². The molecule has 2 aliphatic heterocycles. The molecule has 1 aromatic rings. The van der Waals surface area contributed by atoms with Crippen LogP contribution >= 0.6 is 12.2 Å². The molecule has 2 fully saturated rings. The average molecular weight is 276 g/mol. The van der Waals surface area contributed by atoms with E-state index in [1.54, 1.807) is 0 Å². The Hall–Kier alpha value is -1.13. The van der Waals surface area contributed by atoms with Gasteiger partial charge in [-0.1, -0.05) is 30.3 Å². The van der Waals surface area contributed by atoms with Gasteiger partial charge in [0.1, 0.15) is 5.60 Å². The number of thiocarbonyl (C=S) groups is 1. The number of benzene rings is 1. The second-order valence-electron chi connectivity index (χ2n) is 5.69. The maximum atomic E-state index is 6.01. The Kier molecular flexibility index (Phi) is 3.46. The molecule has 0 bridgehead atoms. The van der Waals surface area contributed by atoms with Gasteiger partial charge in [-0.2, -0.15) is 0 Å². The molecule has 3 nitrogen and oxygen atoms in total. The minimum absolute atomic E-state index is 0.0602. The molecule has 102 valence electrons. The predicted molar refractivity (Wildman–Crippen MR) is 80.1 cm³/mol. The molecule has 4 heteroatoms. The Morgan fingerprint density at radius 2 is 1.95 bits per heavy atom. The van der Waals surface area contributed by atoms with Gasteiger partial charge in [0.15, 0.2) is 0 Å². The summed E-state index contributed by atoms with van der Waals surface area (Å²) in [4.78, 5) is 2.36. The van der Waals surface area contributed by atoms with E-state index < -0.39 is 0 Å². The number of nitrogens with one attached hydrogen (secondary N) is 1. The highest BCUT2D eigenvalue weighted by Crippen LogP contribution is 2.38. The Balaban J connectivity index is 1.79. The second kappa shape index (κ2) is 5.10. The molecule has 2 heterocycles. The summed E-state index contributed by atoms with van der Waals surface area (Å²) in [5.74, 6) is 0. The van der Waals surface area contributed by atoms with E-state index in [-0.39, 0.29) is 11.6 Å². The summed E-state index contributed by atoms with van der Waals surface area (Å²) in [6.45, 7) is 2.17. The SMILES string of the molecule is CN1CCC2(CC1)CC(c1ccccc1)NC(=S)O2. The van der Waals surface area contributed by atoms with Gasteiger partial charge in [-0.05, 0) is 24.8 Å². The maximum Gasteiger partial charge on any atom is 0.257 e. The van der Waals surface area contributed by atoms with Crippen LogP contribution in [0.4, 0.5) is 0 Å². The first kappa shape index (κ1) is 12.9. The van der Waals surface area contributed by atoms with Crippen molar-refractivity contribution in [3.8, 4) is 0 Å². The number of hydrogen-bond donors (Lipinski definition) is 1. The van der Waals surface area contributed by atoms with Crippen molar-refractivity contribution < 1.29 is 4.74 Å². The second-order valence-corrected chi connectivity index (χ2v) is 6.06. The van der Waals surface area contributed by atoms with Crippen LogP contribution in [0.15, 0.2) is 30.3 Å². The Morgan fingerprint density at radius 1 is 1.26 bits per heavy atom. The summed E-state index contributed by atoms with van der Waals surface area (Å²) in [7, 11) is 2.17. The first-order chi connectivity index (χ1) is 9.17. The van der Waals surface area contributed by atoms with E-state index in [1.807, 2.05) is 6.07 Å². The van der Waals surface area contributed by atoms with Gasteiger partial charge >= 0.3 is 0 Å². The third-order valence-electron chi connectivity index (χ3n) is 4.28. The van der Waals surface area contributed by atoms with Gasteiger partial charge in [0, 0.05) is 32.4 Å². The van der Waals surface area contributed by atoms with E-state index in [2.05, 4.69) is 41.5 Å². The first-order valence-corrected chi connectivity index (χ1v) is 7.31. The van der Waals surface area contributed by atoms with Crippen LogP contribution in [-0.4, -0.2) is 35.8 Å². The van der Waals surface area contributed by atoms with Crippen LogP contribution in [-0.2, 0) is 4.74 Å². The van der Waals surface area contributed by atoms with E-state index in [0.29, 0.717) is 5.17 Å². The number of hydrogen-bond acceptors (Lipinski definition) is 3. The van der Waals surface area contributed by atoms with Gasteiger partial charge in [0.05, 0.1) is 6.04 Å². The molecule has 0 aliphatic carbocycles. The molecule has 1 unspecified atom stereocenters. The van der Waals surface area contributed by atoms with E-state index in [9.17, 15) is 0 Å². The molecule has 0 radical (unpaired) electrons. The lowest BCUT2D eigenvalue weighted by Crippen LogP contribution is -2.53. The van der Waals surface area contributed by atoms with Crippen molar-refractivity contribution in [2.24, 2.45) is 0 Å². The van der Waals surface area contributed by atoms with Crippen LogP contribution in [0.25, 0.3) is 0 Å². The highest BCUT2D eigenvalue weighted by atomic mass is 32.1. The van der Waals surface area contributed by atoms with Crippen LogP contribution < -0.4 is 5.32 Å². The molecule has 1 spiro atoms. The third-order valence-corrected chi connectivity index (χ3v) is 4.48. The minimum atomic E-state index is -0.0602. The van der Waals surface area contributed by atoms with E-state index >= 15 is 0 Å². The lowest BCUT2D eigenvalue weighted by molar-refractivity contribution is -0.0338. The van der Waals surface area contributed by atoms with Crippen molar-refractivity contribution in [1.82, 2.24) is 10.2 Å². The molecule has 1 aromatic carbocycles. The van der Waals surface area contributed by atoms with Crippen molar-refractivity contribution >= 4 is 17.4 Å². The number of nitrogens with zero attached hydrogens (tertiary/aromatic N) is 1. The van der Waals surface area contributed by atoms with Crippen molar-refractivity contribution in [1.29, 1.82) is 0 Å². The van der Waals surface area contributed by atoms with Gasteiger partial charge < -0.3 is 15.0 Å². The Bertz CT molecular complexity index is 454. The lowest BCUT2D eigenvalue weighted by atomic mass is 9.82. The predicted octanol–water partition coefficient (Wildman–Crippen LogP) is 2.49. The Morgan fingerprint density at radius 3 is 2.63 bits per heavy atom. The molecular formula is C15H20N2OS. The summed E-state index contributed by atoms with van der Waals surface area (Å²) in [5.41, 5.74) is 1.24. The average Bonchev–Trinajstić information content (AvgIpc) is 2.43. The summed E-state index contributed by atoms with van der Waals surface area (Å²) < 4.78 is 6.01. The molecule has 0 amide bonds. The molecule has 3 rings (SSSR count). The van der Waals surface area contributed by atoms with Gasteiger partial charge in [-0.25, -0.2) is 0 Å². The molecule has 0 aromatic heterocycles.